The van der Waals surface area contributed by atoms with Gasteiger partial charge in [-0.15, -0.1) is 0 Å². The van der Waals surface area contributed by atoms with Crippen LogP contribution in [0.3, 0.4) is 0 Å². The van der Waals surface area contributed by atoms with Gasteiger partial charge in [-0.1, -0.05) is 6.92 Å². The summed E-state index contributed by atoms with van der Waals surface area (Å²) in [6, 6.07) is 1.60. The van der Waals surface area contributed by atoms with E-state index in [0.29, 0.717) is 12.3 Å². The Kier molecular flexibility index (Phi) is 2.74. The molecule has 1 aromatic rings. The Morgan fingerprint density at radius 3 is 3.00 bits per heavy atom. The first-order valence-corrected chi connectivity index (χ1v) is 3.68. The highest BCUT2D eigenvalue weighted by molar-refractivity contribution is 5.92. The molecule has 1 heterocycles. The Hall–Kier alpha value is -1.45. The van der Waals surface area contributed by atoms with Crippen LogP contribution in [0.25, 0.3) is 0 Å². The smallest absolute Gasteiger partial charge is 0.216 e. The second kappa shape index (κ2) is 3.80. The standard InChI is InChI=1S/C8H10N2O2/c1-3-6(11)8-9-5-4-7(10-8)12-2/h4-5H,3H2,1-2H3. The normalized spacial score (nSPS) is 9.50. The Balaban J connectivity index is 2.93. The van der Waals surface area contributed by atoms with Gasteiger partial charge in [-0.3, -0.25) is 4.79 Å². The minimum Gasteiger partial charge on any atom is -0.481 e. The van der Waals surface area contributed by atoms with E-state index in [1.807, 2.05) is 0 Å². The maximum absolute atomic E-state index is 11.1. The maximum atomic E-state index is 11.1. The monoisotopic (exact) mass is 166 g/mol. The maximum Gasteiger partial charge on any atom is 0.216 e. The van der Waals surface area contributed by atoms with E-state index in [4.69, 9.17) is 4.74 Å². The van der Waals surface area contributed by atoms with E-state index in [1.54, 1.807) is 13.0 Å². The minimum absolute atomic E-state index is 0.0751. The summed E-state index contributed by atoms with van der Waals surface area (Å²) in [6.45, 7) is 1.77. The molecule has 4 heteroatoms. The molecule has 0 saturated carbocycles. The highest BCUT2D eigenvalue weighted by atomic mass is 16.5. The molecule has 0 radical (unpaired) electrons. The molecule has 0 aromatic carbocycles. The molecule has 0 atom stereocenters. The Morgan fingerprint density at radius 1 is 1.67 bits per heavy atom. The lowest BCUT2D eigenvalue weighted by atomic mass is 10.3. The van der Waals surface area contributed by atoms with Crippen LogP contribution >= 0.6 is 0 Å². The molecule has 0 bridgehead atoms. The van der Waals surface area contributed by atoms with Crippen molar-refractivity contribution < 1.29 is 9.53 Å². The van der Waals surface area contributed by atoms with Gasteiger partial charge in [-0.25, -0.2) is 4.98 Å². The molecular weight excluding hydrogens is 156 g/mol. The van der Waals surface area contributed by atoms with Gasteiger partial charge in [0, 0.05) is 18.7 Å². The van der Waals surface area contributed by atoms with Gasteiger partial charge in [0.1, 0.15) is 0 Å². The molecule has 1 rings (SSSR count). The van der Waals surface area contributed by atoms with Crippen molar-refractivity contribution in [2.75, 3.05) is 7.11 Å². The van der Waals surface area contributed by atoms with Crippen LogP contribution < -0.4 is 4.74 Å². The topological polar surface area (TPSA) is 52.1 Å². The van der Waals surface area contributed by atoms with E-state index in [9.17, 15) is 4.79 Å². The molecule has 0 spiro atoms. The number of nitrogens with zero attached hydrogens (tertiary/aromatic N) is 2. The predicted molar refractivity (Wildman–Crippen MR) is 43.2 cm³/mol. The lowest BCUT2D eigenvalue weighted by Crippen LogP contribution is -2.04. The summed E-state index contributed by atoms with van der Waals surface area (Å²) in [6.07, 6.45) is 1.92. The molecule has 64 valence electrons. The number of methoxy groups -OCH3 is 1. The van der Waals surface area contributed by atoms with E-state index in [2.05, 4.69) is 9.97 Å². The summed E-state index contributed by atoms with van der Waals surface area (Å²) in [5.74, 6) is 0.563. The van der Waals surface area contributed by atoms with Crippen molar-refractivity contribution in [3.8, 4) is 5.88 Å². The molecule has 4 nitrogen and oxygen atoms in total. The first-order valence-electron chi connectivity index (χ1n) is 3.68. The van der Waals surface area contributed by atoms with Crippen LogP contribution in [0.4, 0.5) is 0 Å². The molecule has 0 fully saturated rings. The largest absolute Gasteiger partial charge is 0.481 e. The SMILES string of the molecule is CCC(=O)c1nccc(OC)n1. The van der Waals surface area contributed by atoms with Gasteiger partial charge in [0.15, 0.2) is 11.6 Å². The molecular formula is C8H10N2O2. The Labute approximate surface area is 70.6 Å². The Bertz CT molecular complexity index is 286. The summed E-state index contributed by atoms with van der Waals surface area (Å²) in [5.41, 5.74) is 0. The van der Waals surface area contributed by atoms with Crippen LogP contribution in [0.15, 0.2) is 12.3 Å². The highest BCUT2D eigenvalue weighted by Crippen LogP contribution is 2.04. The van der Waals surface area contributed by atoms with Crippen LogP contribution in [0.1, 0.15) is 24.0 Å². The van der Waals surface area contributed by atoms with Crippen LogP contribution in [-0.4, -0.2) is 22.9 Å². The molecule has 0 aliphatic rings. The van der Waals surface area contributed by atoms with E-state index in [0.717, 1.165) is 0 Å². The fourth-order valence-corrected chi connectivity index (χ4v) is 0.748. The summed E-state index contributed by atoms with van der Waals surface area (Å²) in [5, 5.41) is 0. The molecule has 0 aliphatic carbocycles. The minimum atomic E-state index is -0.0751. The van der Waals surface area contributed by atoms with E-state index >= 15 is 0 Å². The molecule has 12 heavy (non-hydrogen) atoms. The van der Waals surface area contributed by atoms with Crippen molar-refractivity contribution in [3.05, 3.63) is 18.1 Å². The lowest BCUT2D eigenvalue weighted by Gasteiger charge is -1.99. The fraction of sp³-hybridized carbons (Fsp3) is 0.375. The van der Waals surface area contributed by atoms with Crippen molar-refractivity contribution in [2.24, 2.45) is 0 Å². The van der Waals surface area contributed by atoms with Crippen LogP contribution in [0, 0.1) is 0 Å². The summed E-state index contributed by atoms with van der Waals surface area (Å²) >= 11 is 0. The molecule has 0 aliphatic heterocycles. The van der Waals surface area contributed by atoms with Crippen molar-refractivity contribution >= 4 is 5.78 Å². The van der Waals surface area contributed by atoms with Gasteiger partial charge in [0.2, 0.25) is 5.88 Å². The number of carbonyl (C=O) groups excluding carboxylic acids is 1. The third-order valence-electron chi connectivity index (χ3n) is 1.41. The fourth-order valence-electron chi connectivity index (χ4n) is 0.748. The number of ketones is 1. The van der Waals surface area contributed by atoms with Crippen molar-refractivity contribution in [1.82, 2.24) is 9.97 Å². The first-order chi connectivity index (χ1) is 5.77. The number of hydrogen-bond acceptors (Lipinski definition) is 4. The number of Topliss-reactive ketones (excluding diaryl/α,β-unsaturated/α-hetero) is 1. The first kappa shape index (κ1) is 8.64. The molecule has 0 unspecified atom stereocenters. The summed E-state index contributed by atoms with van der Waals surface area (Å²) in [4.78, 5) is 18.8. The Morgan fingerprint density at radius 2 is 2.42 bits per heavy atom. The number of hydrogen-bond donors (Lipinski definition) is 0. The third kappa shape index (κ3) is 1.78. The van der Waals surface area contributed by atoms with Crippen molar-refractivity contribution in [1.29, 1.82) is 0 Å². The van der Waals surface area contributed by atoms with Gasteiger partial charge in [-0.2, -0.15) is 4.98 Å². The molecule has 1 aromatic heterocycles. The second-order valence-electron chi connectivity index (χ2n) is 2.20. The van der Waals surface area contributed by atoms with Crippen LogP contribution in [0.2, 0.25) is 0 Å². The van der Waals surface area contributed by atoms with Crippen molar-refractivity contribution in [2.45, 2.75) is 13.3 Å². The zero-order chi connectivity index (χ0) is 8.97. The quantitative estimate of drug-likeness (QED) is 0.630. The highest BCUT2D eigenvalue weighted by Gasteiger charge is 2.06. The zero-order valence-electron chi connectivity index (χ0n) is 7.07. The lowest BCUT2D eigenvalue weighted by molar-refractivity contribution is 0.0977. The molecule has 0 amide bonds. The average molecular weight is 166 g/mol. The number of ether oxygens (including phenoxy) is 1. The number of carbonyl (C=O) groups is 1. The zero-order valence-corrected chi connectivity index (χ0v) is 7.07. The average Bonchev–Trinajstić information content (AvgIpc) is 2.17. The van der Waals surface area contributed by atoms with Gasteiger partial charge in [0.25, 0.3) is 0 Å². The van der Waals surface area contributed by atoms with E-state index in [-0.39, 0.29) is 11.6 Å². The van der Waals surface area contributed by atoms with E-state index < -0.39 is 0 Å². The van der Waals surface area contributed by atoms with Crippen LogP contribution in [-0.2, 0) is 0 Å². The summed E-state index contributed by atoms with van der Waals surface area (Å²) < 4.78 is 4.85. The molecule has 0 N–H and O–H groups in total. The van der Waals surface area contributed by atoms with Gasteiger partial charge in [-0.05, 0) is 0 Å². The second-order valence-corrected chi connectivity index (χ2v) is 2.20. The van der Waals surface area contributed by atoms with Crippen molar-refractivity contribution in [3.63, 3.8) is 0 Å². The van der Waals surface area contributed by atoms with E-state index in [1.165, 1.54) is 13.3 Å². The van der Waals surface area contributed by atoms with Gasteiger partial charge >= 0.3 is 0 Å². The van der Waals surface area contributed by atoms with Gasteiger partial charge < -0.3 is 4.74 Å². The number of rotatable bonds is 3. The van der Waals surface area contributed by atoms with Crippen LogP contribution in [0.5, 0.6) is 5.88 Å². The predicted octanol–water partition coefficient (Wildman–Crippen LogP) is 1.08. The third-order valence-corrected chi connectivity index (χ3v) is 1.41. The number of aromatic nitrogens is 2. The van der Waals surface area contributed by atoms with Gasteiger partial charge in [0.05, 0.1) is 7.11 Å². The summed E-state index contributed by atoms with van der Waals surface area (Å²) in [7, 11) is 1.50. The molecule has 0 saturated heterocycles.